The van der Waals surface area contributed by atoms with Crippen molar-refractivity contribution in [2.24, 2.45) is 4.99 Å². The molecule has 2 N–H and O–H groups in total. The fourth-order valence-electron chi connectivity index (χ4n) is 2.90. The first kappa shape index (κ1) is 22.8. The van der Waals surface area contributed by atoms with Gasteiger partial charge >= 0.3 is 0 Å². The number of hydrogen-bond acceptors (Lipinski definition) is 3. The van der Waals surface area contributed by atoms with Gasteiger partial charge in [-0.25, -0.2) is 0 Å². The second-order valence-electron chi connectivity index (χ2n) is 6.16. The van der Waals surface area contributed by atoms with E-state index in [9.17, 15) is 4.79 Å². The maximum absolute atomic E-state index is 11.7. The van der Waals surface area contributed by atoms with Gasteiger partial charge in [-0.2, -0.15) is 0 Å². The molecule has 0 aromatic heterocycles. The molecule has 2 rings (SSSR count). The Balaban J connectivity index is 0.00000338. The number of hydrogen-bond donors (Lipinski definition) is 2. The van der Waals surface area contributed by atoms with Crippen LogP contribution in [0.15, 0.2) is 23.2 Å². The van der Waals surface area contributed by atoms with E-state index in [1.54, 1.807) is 7.05 Å². The molecule has 0 atom stereocenters. The van der Waals surface area contributed by atoms with Crippen molar-refractivity contribution in [1.29, 1.82) is 0 Å². The van der Waals surface area contributed by atoms with Gasteiger partial charge in [0.05, 0.1) is 6.54 Å². The molecule has 0 spiro atoms. The van der Waals surface area contributed by atoms with Crippen molar-refractivity contribution in [1.82, 2.24) is 15.5 Å². The van der Waals surface area contributed by atoms with Crippen LogP contribution in [0.3, 0.4) is 0 Å². The minimum atomic E-state index is -0.00353. The van der Waals surface area contributed by atoms with Crippen LogP contribution in [0.5, 0.6) is 0 Å². The highest BCUT2D eigenvalue weighted by Crippen LogP contribution is 2.25. The zero-order chi connectivity index (χ0) is 18.2. The van der Waals surface area contributed by atoms with Gasteiger partial charge in [0.1, 0.15) is 0 Å². The number of nitrogens with one attached hydrogen (secondary N) is 2. The Bertz CT molecular complexity index is 618. The molecule has 1 aromatic carbocycles. The number of rotatable bonds is 5. The van der Waals surface area contributed by atoms with Crippen molar-refractivity contribution in [3.63, 3.8) is 0 Å². The summed E-state index contributed by atoms with van der Waals surface area (Å²) in [6.07, 6.45) is 0.936. The lowest BCUT2D eigenvalue weighted by atomic mass is 10.1. The molecule has 1 fully saturated rings. The van der Waals surface area contributed by atoms with Crippen molar-refractivity contribution >= 4 is 53.1 Å². The van der Waals surface area contributed by atoms with E-state index in [4.69, 9.17) is 11.6 Å². The Morgan fingerprint density at radius 2 is 1.92 bits per heavy atom. The van der Waals surface area contributed by atoms with Gasteiger partial charge in [0.2, 0.25) is 5.91 Å². The third-order valence-corrected chi connectivity index (χ3v) is 4.52. The second kappa shape index (κ2) is 11.5. The summed E-state index contributed by atoms with van der Waals surface area (Å²) in [4.78, 5) is 20.6. The van der Waals surface area contributed by atoms with Crippen molar-refractivity contribution in [2.45, 2.75) is 20.3 Å². The van der Waals surface area contributed by atoms with E-state index in [1.807, 2.05) is 19.1 Å². The van der Waals surface area contributed by atoms with Crippen LogP contribution in [0.4, 0.5) is 5.69 Å². The Hall–Kier alpha value is -1.22. The van der Waals surface area contributed by atoms with E-state index in [0.717, 1.165) is 43.6 Å². The SMILES string of the molecule is CCCNC(=O)CNC(=NC)N1CCN(c2cc(Cl)ccc2C)CC1.I. The second-order valence-corrected chi connectivity index (χ2v) is 6.59. The normalized spacial score (nSPS) is 14.7. The van der Waals surface area contributed by atoms with Gasteiger partial charge in [-0.15, -0.1) is 24.0 Å². The number of amides is 1. The predicted molar refractivity (Wildman–Crippen MR) is 120 cm³/mol. The van der Waals surface area contributed by atoms with Crippen LogP contribution in [0.2, 0.25) is 5.02 Å². The molecule has 1 aromatic rings. The molecule has 8 heteroatoms. The van der Waals surface area contributed by atoms with Gasteiger partial charge < -0.3 is 20.4 Å². The number of aliphatic imine (C=N–C) groups is 1. The van der Waals surface area contributed by atoms with Crippen molar-refractivity contribution in [2.75, 3.05) is 51.2 Å². The smallest absolute Gasteiger partial charge is 0.239 e. The van der Waals surface area contributed by atoms with E-state index in [2.05, 4.69) is 38.4 Å². The summed E-state index contributed by atoms with van der Waals surface area (Å²) in [5.41, 5.74) is 2.42. The first-order valence-corrected chi connectivity index (χ1v) is 9.16. The largest absolute Gasteiger partial charge is 0.368 e. The molecule has 0 unspecified atom stereocenters. The molecule has 0 aliphatic carbocycles. The third-order valence-electron chi connectivity index (χ3n) is 4.28. The molecule has 1 saturated heterocycles. The molecular weight excluding hydrogens is 465 g/mol. The predicted octanol–water partition coefficient (Wildman–Crippen LogP) is 2.49. The van der Waals surface area contributed by atoms with Gasteiger partial charge in [0.15, 0.2) is 5.96 Å². The quantitative estimate of drug-likeness (QED) is 0.376. The van der Waals surface area contributed by atoms with E-state index in [0.29, 0.717) is 6.54 Å². The Morgan fingerprint density at radius 3 is 2.54 bits per heavy atom. The third kappa shape index (κ3) is 6.50. The summed E-state index contributed by atoms with van der Waals surface area (Å²) < 4.78 is 0. The lowest BCUT2D eigenvalue weighted by molar-refractivity contribution is -0.120. The number of nitrogens with zero attached hydrogens (tertiary/aromatic N) is 3. The van der Waals surface area contributed by atoms with Gasteiger partial charge in [0.25, 0.3) is 0 Å². The molecule has 1 amide bonds. The van der Waals surface area contributed by atoms with Gasteiger partial charge in [0, 0.05) is 50.5 Å². The van der Waals surface area contributed by atoms with Crippen LogP contribution < -0.4 is 15.5 Å². The fourth-order valence-corrected chi connectivity index (χ4v) is 3.07. The van der Waals surface area contributed by atoms with Gasteiger partial charge in [-0.05, 0) is 31.0 Å². The number of carbonyl (C=O) groups excluding carboxylic acids is 1. The number of aryl methyl sites for hydroxylation is 1. The maximum atomic E-state index is 11.7. The topological polar surface area (TPSA) is 60.0 Å². The summed E-state index contributed by atoms with van der Waals surface area (Å²) in [7, 11) is 1.75. The Labute approximate surface area is 178 Å². The van der Waals surface area contributed by atoms with Crippen LogP contribution in [0.25, 0.3) is 0 Å². The fraction of sp³-hybridized carbons (Fsp3) is 0.556. The highest BCUT2D eigenvalue weighted by Gasteiger charge is 2.21. The van der Waals surface area contributed by atoms with Crippen LogP contribution in [-0.2, 0) is 4.79 Å². The summed E-state index contributed by atoms with van der Waals surface area (Å²) in [5, 5.41) is 6.77. The molecule has 1 aliphatic rings. The molecular formula is C18H29ClIN5O. The van der Waals surface area contributed by atoms with Crippen molar-refractivity contribution in [3.8, 4) is 0 Å². The maximum Gasteiger partial charge on any atom is 0.239 e. The summed E-state index contributed by atoms with van der Waals surface area (Å²) in [5.74, 6) is 0.769. The number of guanidine groups is 1. The highest BCUT2D eigenvalue weighted by atomic mass is 127. The Morgan fingerprint density at radius 1 is 1.23 bits per heavy atom. The van der Waals surface area contributed by atoms with E-state index in [-0.39, 0.29) is 36.4 Å². The standard InChI is InChI=1S/C18H28ClN5O.HI/c1-4-7-21-17(25)13-22-18(20-3)24-10-8-23(9-11-24)16-12-15(19)6-5-14(16)2;/h5-6,12H,4,7-11,13H2,1-3H3,(H,20,22)(H,21,25);1H. The molecule has 1 aliphatic heterocycles. The monoisotopic (exact) mass is 493 g/mol. The van der Waals surface area contributed by atoms with Gasteiger partial charge in [-0.1, -0.05) is 24.6 Å². The average Bonchev–Trinajstić information content (AvgIpc) is 2.63. The molecule has 1 heterocycles. The zero-order valence-electron chi connectivity index (χ0n) is 15.7. The number of piperazine rings is 1. The van der Waals surface area contributed by atoms with Crippen LogP contribution >= 0.6 is 35.6 Å². The number of benzene rings is 1. The molecule has 0 radical (unpaired) electrons. The van der Waals surface area contributed by atoms with Gasteiger partial charge in [-0.3, -0.25) is 9.79 Å². The van der Waals surface area contributed by atoms with Crippen molar-refractivity contribution in [3.05, 3.63) is 28.8 Å². The van der Waals surface area contributed by atoms with Crippen LogP contribution in [-0.4, -0.2) is 63.1 Å². The minimum Gasteiger partial charge on any atom is -0.368 e. The lowest BCUT2D eigenvalue weighted by Gasteiger charge is -2.38. The minimum absolute atomic E-state index is 0. The van der Waals surface area contributed by atoms with Crippen LogP contribution in [0.1, 0.15) is 18.9 Å². The van der Waals surface area contributed by atoms with Crippen molar-refractivity contribution < 1.29 is 4.79 Å². The Kier molecular flexibility index (Phi) is 10.1. The summed E-state index contributed by atoms with van der Waals surface area (Å²) >= 11 is 6.14. The molecule has 0 bridgehead atoms. The molecule has 0 saturated carbocycles. The van der Waals surface area contributed by atoms with Crippen LogP contribution in [0, 0.1) is 6.92 Å². The summed E-state index contributed by atoms with van der Waals surface area (Å²) in [6, 6.07) is 6.00. The first-order valence-electron chi connectivity index (χ1n) is 8.78. The lowest BCUT2D eigenvalue weighted by Crippen LogP contribution is -2.53. The summed E-state index contributed by atoms with van der Waals surface area (Å²) in [6.45, 7) is 8.58. The van der Waals surface area contributed by atoms with E-state index in [1.165, 1.54) is 11.3 Å². The number of halogens is 2. The van der Waals surface area contributed by atoms with E-state index < -0.39 is 0 Å². The van der Waals surface area contributed by atoms with E-state index >= 15 is 0 Å². The highest BCUT2D eigenvalue weighted by molar-refractivity contribution is 14.0. The molecule has 6 nitrogen and oxygen atoms in total. The zero-order valence-corrected chi connectivity index (χ0v) is 18.8. The first-order chi connectivity index (χ1) is 12.0. The number of carbonyl (C=O) groups is 1. The molecule has 26 heavy (non-hydrogen) atoms. The molecule has 146 valence electrons. The number of anilines is 1. The average molecular weight is 494 g/mol.